The molecule has 1 N–H and O–H groups in total. The third-order valence-electron chi connectivity index (χ3n) is 2.11. The van der Waals surface area contributed by atoms with Gasteiger partial charge in [-0.2, -0.15) is 0 Å². The Morgan fingerprint density at radius 3 is 2.19 bits per heavy atom. The van der Waals surface area contributed by atoms with Crippen LogP contribution in [0.25, 0.3) is 0 Å². The number of carbonyl (C=O) groups is 2. The predicted octanol–water partition coefficient (Wildman–Crippen LogP) is 1.55. The quantitative estimate of drug-likeness (QED) is 0.582. The summed E-state index contributed by atoms with van der Waals surface area (Å²) in [6.45, 7) is 3.28. The number of hydrogen-bond acceptors (Lipinski definition) is 3. The van der Waals surface area contributed by atoms with Gasteiger partial charge >= 0.3 is 11.9 Å². The van der Waals surface area contributed by atoms with Crippen molar-refractivity contribution in [3.8, 4) is 0 Å². The highest BCUT2D eigenvalue weighted by atomic mass is 19.1. The second-order valence-corrected chi connectivity index (χ2v) is 3.36. The maximum absolute atomic E-state index is 13.0. The van der Waals surface area contributed by atoms with Gasteiger partial charge in [0.15, 0.2) is 0 Å². The van der Waals surface area contributed by atoms with Crippen molar-refractivity contribution in [1.82, 2.24) is 0 Å². The Morgan fingerprint density at radius 2 is 1.75 bits per heavy atom. The Labute approximate surface area is 92.4 Å². The minimum atomic E-state index is -0.983. The number of halogens is 1. The summed E-state index contributed by atoms with van der Waals surface area (Å²) in [6, 6.07) is 2.56. The van der Waals surface area contributed by atoms with Gasteiger partial charge in [0, 0.05) is 5.69 Å². The zero-order valence-electron chi connectivity index (χ0n) is 9.26. The number of methoxy groups -OCH3 is 1. The lowest BCUT2D eigenvalue weighted by Gasteiger charge is -2.10. The number of esters is 1. The summed E-state index contributed by atoms with van der Waals surface area (Å²) in [5.74, 6) is -2.24. The van der Waals surface area contributed by atoms with Crippen LogP contribution in [0.3, 0.4) is 0 Å². The average molecular weight is 225 g/mol. The molecule has 0 heterocycles. The van der Waals surface area contributed by atoms with Gasteiger partial charge in [0.1, 0.15) is 5.82 Å². The predicted molar refractivity (Wildman–Crippen MR) is 56.5 cm³/mol. The molecule has 86 valence electrons. The molecule has 4 nitrogen and oxygen atoms in total. The van der Waals surface area contributed by atoms with Crippen LogP contribution in [-0.2, 0) is 14.3 Å². The summed E-state index contributed by atoms with van der Waals surface area (Å²) < 4.78 is 17.2. The molecule has 1 amide bonds. The molecule has 0 fully saturated rings. The highest BCUT2D eigenvalue weighted by molar-refractivity contribution is 6.37. The number of amides is 1. The van der Waals surface area contributed by atoms with Crippen LogP contribution in [0.5, 0.6) is 0 Å². The molecule has 0 aliphatic heterocycles. The summed E-state index contributed by atoms with van der Waals surface area (Å²) in [6.07, 6.45) is 0. The first kappa shape index (κ1) is 12.2. The molecule has 1 aromatic carbocycles. The number of benzene rings is 1. The lowest BCUT2D eigenvalue weighted by atomic mass is 10.1. The fraction of sp³-hybridized carbons (Fsp3) is 0.273. The third-order valence-corrected chi connectivity index (χ3v) is 2.11. The summed E-state index contributed by atoms with van der Waals surface area (Å²) in [4.78, 5) is 22.2. The first-order chi connectivity index (χ1) is 7.45. The topological polar surface area (TPSA) is 55.4 Å². The van der Waals surface area contributed by atoms with Crippen LogP contribution in [0.15, 0.2) is 12.1 Å². The Morgan fingerprint density at radius 1 is 1.25 bits per heavy atom. The van der Waals surface area contributed by atoms with Gasteiger partial charge in [-0.15, -0.1) is 0 Å². The van der Waals surface area contributed by atoms with E-state index in [9.17, 15) is 14.0 Å². The Bertz CT molecular complexity index is 420. The summed E-state index contributed by atoms with van der Waals surface area (Å²) in [5, 5.41) is 2.38. The molecule has 0 atom stereocenters. The second kappa shape index (κ2) is 4.74. The lowest BCUT2D eigenvalue weighted by Crippen LogP contribution is -2.24. The van der Waals surface area contributed by atoms with Crippen molar-refractivity contribution in [1.29, 1.82) is 0 Å². The van der Waals surface area contributed by atoms with Crippen molar-refractivity contribution < 1.29 is 18.7 Å². The van der Waals surface area contributed by atoms with E-state index in [1.165, 1.54) is 12.1 Å². The van der Waals surface area contributed by atoms with Gasteiger partial charge in [0.05, 0.1) is 7.11 Å². The maximum atomic E-state index is 13.0. The molecule has 0 aliphatic rings. The van der Waals surface area contributed by atoms with Crippen molar-refractivity contribution >= 4 is 17.6 Å². The van der Waals surface area contributed by atoms with E-state index in [1.54, 1.807) is 13.8 Å². The molecular formula is C11H12FNO3. The average Bonchev–Trinajstić information content (AvgIpc) is 2.21. The number of carbonyl (C=O) groups excluding carboxylic acids is 2. The molecule has 0 spiro atoms. The SMILES string of the molecule is COC(=O)C(=O)Nc1c(C)cc(F)cc1C. The van der Waals surface area contributed by atoms with Gasteiger partial charge < -0.3 is 10.1 Å². The van der Waals surface area contributed by atoms with Crippen molar-refractivity contribution in [2.45, 2.75) is 13.8 Å². The Hall–Kier alpha value is -1.91. The van der Waals surface area contributed by atoms with Crippen molar-refractivity contribution in [3.05, 3.63) is 29.1 Å². The lowest BCUT2D eigenvalue weighted by molar-refractivity contribution is -0.150. The molecule has 1 aromatic rings. The molecule has 5 heteroatoms. The normalized spacial score (nSPS) is 9.75. The van der Waals surface area contributed by atoms with Crippen LogP contribution >= 0.6 is 0 Å². The van der Waals surface area contributed by atoms with E-state index in [1.807, 2.05) is 0 Å². The molecule has 0 radical (unpaired) electrons. The zero-order chi connectivity index (χ0) is 12.3. The molecule has 16 heavy (non-hydrogen) atoms. The number of nitrogens with one attached hydrogen (secondary N) is 1. The third kappa shape index (κ3) is 2.56. The molecule has 0 aromatic heterocycles. The van der Waals surface area contributed by atoms with Gasteiger partial charge in [-0.1, -0.05) is 0 Å². The number of hydrogen-bond donors (Lipinski definition) is 1. The van der Waals surface area contributed by atoms with Crippen LogP contribution in [0.2, 0.25) is 0 Å². The van der Waals surface area contributed by atoms with Gasteiger partial charge in [-0.05, 0) is 37.1 Å². The minimum absolute atomic E-state index is 0.383. The van der Waals surface area contributed by atoms with Crippen molar-refractivity contribution in [2.75, 3.05) is 12.4 Å². The Balaban J connectivity index is 2.98. The smallest absolute Gasteiger partial charge is 0.396 e. The van der Waals surface area contributed by atoms with E-state index in [0.29, 0.717) is 16.8 Å². The van der Waals surface area contributed by atoms with Crippen LogP contribution in [0.1, 0.15) is 11.1 Å². The van der Waals surface area contributed by atoms with Crippen molar-refractivity contribution in [2.24, 2.45) is 0 Å². The molecule has 0 unspecified atom stereocenters. The molecule has 1 rings (SSSR count). The largest absolute Gasteiger partial charge is 0.462 e. The maximum Gasteiger partial charge on any atom is 0.396 e. The monoisotopic (exact) mass is 225 g/mol. The van der Waals surface area contributed by atoms with E-state index in [4.69, 9.17) is 0 Å². The summed E-state index contributed by atoms with van der Waals surface area (Å²) >= 11 is 0. The second-order valence-electron chi connectivity index (χ2n) is 3.36. The fourth-order valence-electron chi connectivity index (χ4n) is 1.37. The molecular weight excluding hydrogens is 213 g/mol. The van der Waals surface area contributed by atoms with Gasteiger partial charge in [0.25, 0.3) is 0 Å². The van der Waals surface area contributed by atoms with Gasteiger partial charge in [-0.3, -0.25) is 4.79 Å². The number of aryl methyl sites for hydroxylation is 2. The molecule has 0 aliphatic carbocycles. The summed E-state index contributed by atoms with van der Waals surface area (Å²) in [7, 11) is 1.12. The van der Waals surface area contributed by atoms with Crippen LogP contribution in [0.4, 0.5) is 10.1 Å². The van der Waals surface area contributed by atoms with E-state index >= 15 is 0 Å². The number of ether oxygens (including phenoxy) is 1. The first-order valence-electron chi connectivity index (χ1n) is 4.61. The Kier molecular flexibility index (Phi) is 3.60. The van der Waals surface area contributed by atoms with Gasteiger partial charge in [0.2, 0.25) is 0 Å². The number of rotatable bonds is 1. The highest BCUT2D eigenvalue weighted by Crippen LogP contribution is 2.21. The minimum Gasteiger partial charge on any atom is -0.462 e. The standard InChI is InChI=1S/C11H12FNO3/c1-6-4-8(12)5-7(2)9(6)13-10(14)11(15)16-3/h4-5H,1-3H3,(H,13,14). The fourth-order valence-corrected chi connectivity index (χ4v) is 1.37. The van der Waals surface area contributed by atoms with E-state index < -0.39 is 11.9 Å². The van der Waals surface area contributed by atoms with Crippen LogP contribution < -0.4 is 5.32 Å². The molecule has 0 saturated carbocycles. The first-order valence-corrected chi connectivity index (χ1v) is 4.61. The highest BCUT2D eigenvalue weighted by Gasteiger charge is 2.16. The summed E-state index contributed by atoms with van der Waals surface area (Å²) in [5.41, 5.74) is 1.53. The van der Waals surface area contributed by atoms with Crippen LogP contribution in [-0.4, -0.2) is 19.0 Å². The number of anilines is 1. The van der Waals surface area contributed by atoms with Crippen LogP contribution in [0, 0.1) is 19.7 Å². The zero-order valence-corrected chi connectivity index (χ0v) is 9.26. The van der Waals surface area contributed by atoms with E-state index in [-0.39, 0.29) is 5.82 Å². The van der Waals surface area contributed by atoms with E-state index in [0.717, 1.165) is 7.11 Å². The van der Waals surface area contributed by atoms with E-state index in [2.05, 4.69) is 10.1 Å². The van der Waals surface area contributed by atoms with Gasteiger partial charge in [-0.25, -0.2) is 9.18 Å². The van der Waals surface area contributed by atoms with Crippen molar-refractivity contribution in [3.63, 3.8) is 0 Å². The molecule has 0 saturated heterocycles. The molecule has 0 bridgehead atoms.